The quantitative estimate of drug-likeness (QED) is 0.500. The molecule has 0 fully saturated rings. The van der Waals surface area contributed by atoms with Crippen molar-refractivity contribution in [2.24, 2.45) is 0 Å². The number of rotatable bonds is 0. The minimum atomic E-state index is 1.10. The topological polar surface area (TPSA) is 12.0 Å². The van der Waals surface area contributed by atoms with Crippen molar-refractivity contribution in [3.05, 3.63) is 24.0 Å². The van der Waals surface area contributed by atoms with Gasteiger partial charge in [-0.1, -0.05) is 12.2 Å². The van der Waals surface area contributed by atoms with Crippen molar-refractivity contribution >= 4 is 0 Å². The van der Waals surface area contributed by atoms with E-state index in [4.69, 9.17) is 0 Å². The summed E-state index contributed by atoms with van der Waals surface area (Å²) in [5.41, 5.74) is 2.55. The minimum absolute atomic E-state index is 1.10. The van der Waals surface area contributed by atoms with Crippen LogP contribution in [0.5, 0.6) is 0 Å². The van der Waals surface area contributed by atoms with E-state index in [0.29, 0.717) is 0 Å². The number of hydrogen-bond acceptors (Lipinski definition) is 1. The van der Waals surface area contributed by atoms with E-state index in [1.54, 1.807) is 0 Å². The number of allylic oxidation sites excluding steroid dienone is 2. The molecule has 0 saturated heterocycles. The molecule has 0 amide bonds. The fourth-order valence-corrected chi connectivity index (χ4v) is 0.718. The standard InChI is InChI=1S/C7H11N/c1-6-3-4-7(2)8-5-6/h5,8H,2-4H2,1H3. The van der Waals surface area contributed by atoms with Crippen molar-refractivity contribution in [3.63, 3.8) is 0 Å². The van der Waals surface area contributed by atoms with Gasteiger partial charge in [-0.15, -0.1) is 0 Å². The van der Waals surface area contributed by atoms with Crippen molar-refractivity contribution < 1.29 is 0 Å². The Kier molecular flexibility index (Phi) is 1.38. The van der Waals surface area contributed by atoms with Gasteiger partial charge in [0.25, 0.3) is 0 Å². The zero-order valence-corrected chi connectivity index (χ0v) is 5.20. The largest absolute Gasteiger partial charge is 0.366 e. The van der Waals surface area contributed by atoms with Gasteiger partial charge >= 0.3 is 0 Å². The van der Waals surface area contributed by atoms with E-state index in [1.807, 2.05) is 6.20 Å². The van der Waals surface area contributed by atoms with E-state index >= 15 is 0 Å². The van der Waals surface area contributed by atoms with E-state index < -0.39 is 0 Å². The van der Waals surface area contributed by atoms with Gasteiger partial charge in [0.2, 0.25) is 0 Å². The van der Waals surface area contributed by atoms with Crippen LogP contribution < -0.4 is 5.32 Å². The van der Waals surface area contributed by atoms with Crippen LogP contribution >= 0.6 is 0 Å². The lowest BCUT2D eigenvalue weighted by atomic mass is 10.1. The van der Waals surface area contributed by atoms with E-state index in [2.05, 4.69) is 18.8 Å². The van der Waals surface area contributed by atoms with Gasteiger partial charge in [-0.05, 0) is 26.0 Å². The van der Waals surface area contributed by atoms with Crippen LogP contribution in [0, 0.1) is 0 Å². The van der Waals surface area contributed by atoms with Crippen molar-refractivity contribution in [1.82, 2.24) is 5.32 Å². The molecule has 1 heteroatoms. The summed E-state index contributed by atoms with van der Waals surface area (Å²) < 4.78 is 0. The average molecular weight is 109 g/mol. The molecular formula is C7H11N. The fourth-order valence-electron chi connectivity index (χ4n) is 0.718. The average Bonchev–Trinajstić information content (AvgIpc) is 1.77. The summed E-state index contributed by atoms with van der Waals surface area (Å²) >= 11 is 0. The first kappa shape index (κ1) is 5.42. The zero-order valence-electron chi connectivity index (χ0n) is 5.20. The molecule has 0 unspecified atom stereocenters. The Labute approximate surface area is 50.1 Å². The SMILES string of the molecule is C=C1CCC(C)=CN1. The lowest BCUT2D eigenvalue weighted by molar-refractivity contribution is 0.802. The van der Waals surface area contributed by atoms with Crippen LogP contribution in [0.15, 0.2) is 24.0 Å². The Hall–Kier alpha value is -0.720. The molecule has 1 rings (SSSR count). The second-order valence-electron chi connectivity index (χ2n) is 2.24. The van der Waals surface area contributed by atoms with Crippen LogP contribution in [-0.4, -0.2) is 0 Å². The summed E-state index contributed by atoms with van der Waals surface area (Å²) in [6, 6.07) is 0. The molecule has 0 bridgehead atoms. The summed E-state index contributed by atoms with van der Waals surface area (Å²) in [7, 11) is 0. The smallest absolute Gasteiger partial charge is 0.00765 e. The van der Waals surface area contributed by atoms with Gasteiger partial charge in [0.05, 0.1) is 0 Å². The van der Waals surface area contributed by atoms with Gasteiger partial charge in [-0.2, -0.15) is 0 Å². The van der Waals surface area contributed by atoms with Gasteiger partial charge in [0, 0.05) is 5.70 Å². The highest BCUT2D eigenvalue weighted by Gasteiger charge is 1.98. The van der Waals surface area contributed by atoms with Crippen LogP contribution in [0.2, 0.25) is 0 Å². The number of hydrogen-bond donors (Lipinski definition) is 1. The van der Waals surface area contributed by atoms with Gasteiger partial charge in [0.1, 0.15) is 0 Å². The van der Waals surface area contributed by atoms with E-state index in [1.165, 1.54) is 12.0 Å². The maximum Gasteiger partial charge on any atom is 0.00765 e. The Balaban J connectivity index is 2.55. The predicted octanol–water partition coefficient (Wildman–Crippen LogP) is 1.79. The third kappa shape index (κ3) is 1.12. The fraction of sp³-hybridized carbons (Fsp3) is 0.429. The Morgan fingerprint density at radius 3 is 2.75 bits per heavy atom. The number of nitrogens with one attached hydrogen (secondary N) is 1. The van der Waals surface area contributed by atoms with E-state index in [0.717, 1.165) is 12.1 Å². The molecule has 1 aliphatic rings. The highest BCUT2D eigenvalue weighted by atomic mass is 14.9. The summed E-state index contributed by atoms with van der Waals surface area (Å²) in [6.07, 6.45) is 4.29. The van der Waals surface area contributed by atoms with Crippen LogP contribution in [0.4, 0.5) is 0 Å². The van der Waals surface area contributed by atoms with Gasteiger partial charge in [0.15, 0.2) is 0 Å². The summed E-state index contributed by atoms with van der Waals surface area (Å²) in [4.78, 5) is 0. The molecule has 1 heterocycles. The molecule has 0 aromatic carbocycles. The molecule has 0 radical (unpaired) electrons. The molecule has 1 N–H and O–H groups in total. The molecule has 44 valence electrons. The maximum atomic E-state index is 3.79. The Bertz CT molecular complexity index is 133. The van der Waals surface area contributed by atoms with Gasteiger partial charge in [-0.25, -0.2) is 0 Å². The highest BCUT2D eigenvalue weighted by Crippen LogP contribution is 2.11. The predicted molar refractivity (Wildman–Crippen MR) is 35.3 cm³/mol. The highest BCUT2D eigenvalue weighted by molar-refractivity contribution is 5.11. The van der Waals surface area contributed by atoms with Crippen LogP contribution in [0.3, 0.4) is 0 Å². The first-order chi connectivity index (χ1) is 3.79. The van der Waals surface area contributed by atoms with Gasteiger partial charge in [-0.3, -0.25) is 0 Å². The van der Waals surface area contributed by atoms with Crippen molar-refractivity contribution in [2.75, 3.05) is 0 Å². The van der Waals surface area contributed by atoms with E-state index in [9.17, 15) is 0 Å². The maximum absolute atomic E-state index is 3.79. The molecule has 0 saturated carbocycles. The lowest BCUT2D eigenvalue weighted by Crippen LogP contribution is -2.09. The van der Waals surface area contributed by atoms with Crippen molar-refractivity contribution in [3.8, 4) is 0 Å². The summed E-state index contributed by atoms with van der Waals surface area (Å²) in [5.74, 6) is 0. The Morgan fingerprint density at radius 1 is 1.62 bits per heavy atom. The Morgan fingerprint density at radius 2 is 2.38 bits per heavy atom. The molecule has 0 aromatic heterocycles. The minimum Gasteiger partial charge on any atom is -0.366 e. The normalized spacial score (nSPS) is 19.6. The molecule has 8 heavy (non-hydrogen) atoms. The molecule has 1 aliphatic heterocycles. The lowest BCUT2D eigenvalue weighted by Gasteiger charge is -2.12. The third-order valence-electron chi connectivity index (χ3n) is 1.34. The van der Waals surface area contributed by atoms with Crippen LogP contribution in [0.1, 0.15) is 19.8 Å². The second kappa shape index (κ2) is 2.03. The summed E-state index contributed by atoms with van der Waals surface area (Å²) in [5, 5.41) is 3.08. The van der Waals surface area contributed by atoms with Crippen LogP contribution in [0.25, 0.3) is 0 Å². The molecular weight excluding hydrogens is 98.1 g/mol. The zero-order chi connectivity index (χ0) is 5.98. The molecule has 0 spiro atoms. The first-order valence-corrected chi connectivity index (χ1v) is 2.89. The summed E-state index contributed by atoms with van der Waals surface area (Å²) in [6.45, 7) is 5.92. The molecule has 0 aromatic rings. The van der Waals surface area contributed by atoms with Crippen molar-refractivity contribution in [1.29, 1.82) is 0 Å². The second-order valence-corrected chi connectivity index (χ2v) is 2.24. The molecule has 0 atom stereocenters. The van der Waals surface area contributed by atoms with Gasteiger partial charge < -0.3 is 5.32 Å². The van der Waals surface area contributed by atoms with E-state index in [-0.39, 0.29) is 0 Å². The third-order valence-corrected chi connectivity index (χ3v) is 1.34. The molecule has 1 nitrogen and oxygen atoms in total. The van der Waals surface area contributed by atoms with Crippen LogP contribution in [-0.2, 0) is 0 Å². The molecule has 0 aliphatic carbocycles. The first-order valence-electron chi connectivity index (χ1n) is 2.89. The van der Waals surface area contributed by atoms with Crippen molar-refractivity contribution in [2.45, 2.75) is 19.8 Å². The monoisotopic (exact) mass is 109 g/mol.